The average molecular weight is 371 g/mol. The molecule has 1 aromatic rings. The van der Waals surface area contributed by atoms with E-state index in [1.54, 1.807) is 0 Å². The van der Waals surface area contributed by atoms with E-state index in [2.05, 4.69) is 32.8 Å². The molecule has 22 heavy (non-hydrogen) atoms. The lowest BCUT2D eigenvalue weighted by Gasteiger charge is -2.06. The maximum atomic E-state index is 5.67. The van der Waals surface area contributed by atoms with Gasteiger partial charge in [-0.25, -0.2) is 9.97 Å². The second-order valence-electron chi connectivity index (χ2n) is 5.80. The van der Waals surface area contributed by atoms with Crippen LogP contribution in [0.3, 0.4) is 0 Å². The standard InChI is InChI=1S/C18H31BrN2O/c1-2-3-4-5-6-9-12-18-20-15-17(16-21-18)22-14-11-8-7-10-13-19/h15-16H,2-14H2,1H3. The monoisotopic (exact) mass is 370 g/mol. The Morgan fingerprint density at radius 3 is 2.23 bits per heavy atom. The Labute approximate surface area is 144 Å². The Kier molecular flexibility index (Phi) is 12.3. The summed E-state index contributed by atoms with van der Waals surface area (Å²) in [5.41, 5.74) is 0. The van der Waals surface area contributed by atoms with E-state index in [1.807, 2.05) is 12.4 Å². The minimum absolute atomic E-state index is 0.766. The van der Waals surface area contributed by atoms with Crippen LogP contribution in [-0.2, 0) is 6.42 Å². The minimum atomic E-state index is 0.766. The lowest BCUT2D eigenvalue weighted by atomic mass is 10.1. The quantitative estimate of drug-likeness (QED) is 0.310. The number of rotatable bonds is 14. The number of halogens is 1. The largest absolute Gasteiger partial charge is 0.490 e. The van der Waals surface area contributed by atoms with Gasteiger partial charge in [0.1, 0.15) is 5.82 Å². The molecule has 0 atom stereocenters. The van der Waals surface area contributed by atoms with Gasteiger partial charge >= 0.3 is 0 Å². The number of hydrogen-bond acceptors (Lipinski definition) is 3. The third-order valence-corrected chi connectivity index (χ3v) is 4.29. The number of aromatic nitrogens is 2. The summed E-state index contributed by atoms with van der Waals surface area (Å²) in [7, 11) is 0. The summed E-state index contributed by atoms with van der Waals surface area (Å²) < 4.78 is 5.67. The number of unbranched alkanes of at least 4 members (excludes halogenated alkanes) is 8. The third-order valence-electron chi connectivity index (χ3n) is 3.73. The van der Waals surface area contributed by atoms with E-state index in [-0.39, 0.29) is 0 Å². The Morgan fingerprint density at radius 1 is 0.864 bits per heavy atom. The Hall–Kier alpha value is -0.640. The average Bonchev–Trinajstić information content (AvgIpc) is 2.55. The molecule has 0 amide bonds. The highest BCUT2D eigenvalue weighted by atomic mass is 79.9. The van der Waals surface area contributed by atoms with Crippen molar-refractivity contribution in [1.29, 1.82) is 0 Å². The molecule has 0 unspecified atom stereocenters. The zero-order valence-corrected chi connectivity index (χ0v) is 15.6. The molecule has 0 bridgehead atoms. The maximum absolute atomic E-state index is 5.67. The summed E-state index contributed by atoms with van der Waals surface area (Å²) >= 11 is 3.45. The van der Waals surface area contributed by atoms with Crippen molar-refractivity contribution in [2.75, 3.05) is 11.9 Å². The summed E-state index contributed by atoms with van der Waals surface area (Å²) in [6, 6.07) is 0. The molecule has 3 nitrogen and oxygen atoms in total. The number of alkyl halides is 1. The molecule has 0 aliphatic carbocycles. The predicted octanol–water partition coefficient (Wildman–Crippen LogP) is 5.71. The van der Waals surface area contributed by atoms with Crippen LogP contribution in [0.1, 0.15) is 77.0 Å². The van der Waals surface area contributed by atoms with Crippen molar-refractivity contribution in [2.24, 2.45) is 0 Å². The van der Waals surface area contributed by atoms with Crippen LogP contribution in [0.4, 0.5) is 0 Å². The second-order valence-corrected chi connectivity index (χ2v) is 6.60. The van der Waals surface area contributed by atoms with Crippen LogP contribution in [0.2, 0.25) is 0 Å². The van der Waals surface area contributed by atoms with Crippen LogP contribution >= 0.6 is 15.9 Å². The van der Waals surface area contributed by atoms with Crippen molar-refractivity contribution in [3.8, 4) is 5.75 Å². The van der Waals surface area contributed by atoms with Crippen molar-refractivity contribution in [3.05, 3.63) is 18.2 Å². The molecule has 0 aliphatic rings. The van der Waals surface area contributed by atoms with Crippen molar-refractivity contribution in [2.45, 2.75) is 77.6 Å². The summed E-state index contributed by atoms with van der Waals surface area (Å²) in [5.74, 6) is 1.74. The first kappa shape index (κ1) is 19.4. The van der Waals surface area contributed by atoms with E-state index in [0.717, 1.165) is 36.4 Å². The summed E-state index contributed by atoms with van der Waals surface area (Å²) in [5, 5.41) is 1.10. The van der Waals surface area contributed by atoms with Gasteiger partial charge < -0.3 is 4.74 Å². The fourth-order valence-electron chi connectivity index (χ4n) is 2.35. The van der Waals surface area contributed by atoms with Gasteiger partial charge in [0.25, 0.3) is 0 Å². The van der Waals surface area contributed by atoms with Crippen LogP contribution in [0.25, 0.3) is 0 Å². The van der Waals surface area contributed by atoms with E-state index in [1.165, 1.54) is 57.8 Å². The van der Waals surface area contributed by atoms with Gasteiger partial charge in [-0.15, -0.1) is 0 Å². The Morgan fingerprint density at radius 2 is 1.50 bits per heavy atom. The van der Waals surface area contributed by atoms with Gasteiger partial charge in [-0.1, -0.05) is 67.8 Å². The van der Waals surface area contributed by atoms with Crippen molar-refractivity contribution in [3.63, 3.8) is 0 Å². The van der Waals surface area contributed by atoms with E-state index in [9.17, 15) is 0 Å². The van der Waals surface area contributed by atoms with Crippen LogP contribution in [0.15, 0.2) is 12.4 Å². The van der Waals surface area contributed by atoms with Gasteiger partial charge in [0.15, 0.2) is 5.75 Å². The smallest absolute Gasteiger partial charge is 0.155 e. The first-order chi connectivity index (χ1) is 10.9. The molecule has 1 aromatic heterocycles. The SMILES string of the molecule is CCCCCCCCc1ncc(OCCCCCCBr)cn1. The number of ether oxygens (including phenoxy) is 1. The molecule has 0 N–H and O–H groups in total. The lowest BCUT2D eigenvalue weighted by molar-refractivity contribution is 0.302. The van der Waals surface area contributed by atoms with Crippen molar-refractivity contribution >= 4 is 15.9 Å². The summed E-state index contributed by atoms with van der Waals surface area (Å²) in [6.45, 7) is 3.02. The lowest BCUT2D eigenvalue weighted by Crippen LogP contribution is -2.00. The molecule has 126 valence electrons. The molecule has 0 saturated heterocycles. The molecule has 0 radical (unpaired) electrons. The van der Waals surface area contributed by atoms with Gasteiger partial charge in [0.2, 0.25) is 0 Å². The van der Waals surface area contributed by atoms with Gasteiger partial charge in [0.05, 0.1) is 19.0 Å². The molecule has 0 aliphatic heterocycles. The van der Waals surface area contributed by atoms with E-state index in [0.29, 0.717) is 0 Å². The summed E-state index contributed by atoms with van der Waals surface area (Å²) in [6.07, 6.45) is 17.3. The molecule has 1 rings (SSSR count). The predicted molar refractivity (Wildman–Crippen MR) is 96.9 cm³/mol. The molecule has 1 heterocycles. The first-order valence-corrected chi connectivity index (χ1v) is 9.98. The van der Waals surface area contributed by atoms with Gasteiger partial charge in [-0.05, 0) is 19.3 Å². The number of aryl methyl sites for hydroxylation is 1. The van der Waals surface area contributed by atoms with Gasteiger partial charge in [-0.3, -0.25) is 0 Å². The maximum Gasteiger partial charge on any atom is 0.155 e. The van der Waals surface area contributed by atoms with Crippen LogP contribution in [0, 0.1) is 0 Å². The second kappa shape index (κ2) is 14.0. The molecular formula is C18H31BrN2O. The van der Waals surface area contributed by atoms with Crippen LogP contribution < -0.4 is 4.74 Å². The molecular weight excluding hydrogens is 340 g/mol. The van der Waals surface area contributed by atoms with Gasteiger partial charge in [-0.2, -0.15) is 0 Å². The highest BCUT2D eigenvalue weighted by Gasteiger charge is 1.99. The van der Waals surface area contributed by atoms with E-state index >= 15 is 0 Å². The first-order valence-electron chi connectivity index (χ1n) is 8.86. The molecule has 4 heteroatoms. The zero-order valence-electron chi connectivity index (χ0n) is 14.0. The van der Waals surface area contributed by atoms with Crippen molar-refractivity contribution in [1.82, 2.24) is 9.97 Å². The van der Waals surface area contributed by atoms with Crippen LogP contribution in [-0.4, -0.2) is 21.9 Å². The van der Waals surface area contributed by atoms with Gasteiger partial charge in [0, 0.05) is 11.8 Å². The molecule has 0 fully saturated rings. The number of nitrogens with zero attached hydrogens (tertiary/aromatic N) is 2. The van der Waals surface area contributed by atoms with Crippen LogP contribution in [0.5, 0.6) is 5.75 Å². The number of hydrogen-bond donors (Lipinski definition) is 0. The molecule has 0 aromatic carbocycles. The topological polar surface area (TPSA) is 35.0 Å². The molecule has 0 spiro atoms. The van der Waals surface area contributed by atoms with E-state index in [4.69, 9.17) is 4.74 Å². The fourth-order valence-corrected chi connectivity index (χ4v) is 2.75. The molecule has 0 saturated carbocycles. The van der Waals surface area contributed by atoms with E-state index < -0.39 is 0 Å². The Balaban J connectivity index is 2.07. The highest BCUT2D eigenvalue weighted by Crippen LogP contribution is 2.11. The Bertz CT molecular complexity index is 322. The van der Waals surface area contributed by atoms with Crippen molar-refractivity contribution < 1.29 is 4.74 Å². The minimum Gasteiger partial charge on any atom is -0.490 e. The normalized spacial score (nSPS) is 10.8. The fraction of sp³-hybridized carbons (Fsp3) is 0.778. The highest BCUT2D eigenvalue weighted by molar-refractivity contribution is 9.09. The zero-order chi connectivity index (χ0) is 15.9. The summed E-state index contributed by atoms with van der Waals surface area (Å²) in [4.78, 5) is 8.80. The third kappa shape index (κ3) is 10.1.